The molecule has 3 nitrogen and oxygen atoms in total. The Balaban J connectivity index is 1.97. The summed E-state index contributed by atoms with van der Waals surface area (Å²) >= 11 is 1.83. The van der Waals surface area contributed by atoms with Crippen LogP contribution in [0.5, 0.6) is 0 Å². The topological polar surface area (TPSA) is 37.3 Å². The molecule has 1 aromatic rings. The number of nitrogens with zero attached hydrogens (tertiary/aromatic N) is 2. The van der Waals surface area contributed by atoms with E-state index in [-0.39, 0.29) is 5.54 Å². The lowest BCUT2D eigenvalue weighted by atomic mass is 9.96. The molecule has 2 heterocycles. The number of hydrogen-bond acceptors (Lipinski definition) is 3. The highest BCUT2D eigenvalue weighted by molar-refractivity contribution is 8.14. The number of aliphatic imine (C=N–C) groups is 1. The lowest BCUT2D eigenvalue weighted by molar-refractivity contribution is 0.407. The molecule has 1 aliphatic rings. The average molecular weight is 249 g/mol. The molecule has 0 spiro atoms. The fraction of sp³-hybridized carbons (Fsp3) is 0.538. The molecule has 1 fully saturated rings. The maximum absolute atomic E-state index is 4.59. The van der Waals surface area contributed by atoms with Gasteiger partial charge < -0.3 is 5.32 Å². The number of amidine groups is 1. The van der Waals surface area contributed by atoms with Gasteiger partial charge in [0.05, 0.1) is 12.2 Å². The molecule has 17 heavy (non-hydrogen) atoms. The first-order valence-corrected chi connectivity index (χ1v) is 7.12. The summed E-state index contributed by atoms with van der Waals surface area (Å²) in [5.74, 6) is 1.13. The highest BCUT2D eigenvalue weighted by Gasteiger charge is 2.33. The molecule has 2 rings (SSSR count). The standard InChI is InChI=1S/C13H19N3S/c1-3-13(4-2)10-17-12(16-13)15-9-11-7-5-6-8-14-11/h5-8H,3-4,9-10H2,1-2H3,(H,15,16). The zero-order chi connectivity index (χ0) is 12.1. The van der Waals surface area contributed by atoms with Crippen molar-refractivity contribution in [3.05, 3.63) is 30.1 Å². The number of thioether (sulfide) groups is 1. The second kappa shape index (κ2) is 5.54. The van der Waals surface area contributed by atoms with Gasteiger partial charge >= 0.3 is 0 Å². The fourth-order valence-corrected chi connectivity index (χ4v) is 3.20. The van der Waals surface area contributed by atoms with E-state index < -0.39 is 0 Å². The van der Waals surface area contributed by atoms with Crippen molar-refractivity contribution in [1.82, 2.24) is 10.3 Å². The monoisotopic (exact) mass is 249 g/mol. The van der Waals surface area contributed by atoms with Gasteiger partial charge in [-0.1, -0.05) is 31.7 Å². The van der Waals surface area contributed by atoms with Gasteiger partial charge in [0.1, 0.15) is 0 Å². The minimum Gasteiger partial charge on any atom is -0.359 e. The van der Waals surface area contributed by atoms with Crippen LogP contribution in [0.3, 0.4) is 0 Å². The van der Waals surface area contributed by atoms with Crippen LogP contribution in [-0.2, 0) is 6.54 Å². The zero-order valence-corrected chi connectivity index (χ0v) is 11.3. The van der Waals surface area contributed by atoms with Crippen molar-refractivity contribution < 1.29 is 0 Å². The molecule has 0 saturated carbocycles. The van der Waals surface area contributed by atoms with Gasteiger partial charge in [0.15, 0.2) is 5.17 Å². The molecule has 0 aliphatic carbocycles. The molecule has 1 aliphatic heterocycles. The van der Waals surface area contributed by atoms with E-state index in [9.17, 15) is 0 Å². The maximum Gasteiger partial charge on any atom is 0.157 e. The van der Waals surface area contributed by atoms with Crippen LogP contribution in [-0.4, -0.2) is 21.4 Å². The fourth-order valence-electron chi connectivity index (χ4n) is 1.87. The average Bonchev–Trinajstić information content (AvgIpc) is 2.82. The maximum atomic E-state index is 4.59. The second-order valence-corrected chi connectivity index (χ2v) is 5.31. The third-order valence-electron chi connectivity index (χ3n) is 3.32. The Labute approximate surface area is 107 Å². The van der Waals surface area contributed by atoms with Crippen molar-refractivity contribution in [1.29, 1.82) is 0 Å². The summed E-state index contributed by atoms with van der Waals surface area (Å²) in [5.41, 5.74) is 1.28. The van der Waals surface area contributed by atoms with Gasteiger partial charge in [0.25, 0.3) is 0 Å². The molecular weight excluding hydrogens is 230 g/mol. The molecule has 0 unspecified atom stereocenters. The van der Waals surface area contributed by atoms with Crippen LogP contribution in [0.4, 0.5) is 0 Å². The van der Waals surface area contributed by atoms with Crippen molar-refractivity contribution in [2.45, 2.75) is 38.8 Å². The number of pyridine rings is 1. The number of aromatic nitrogens is 1. The van der Waals surface area contributed by atoms with Gasteiger partial charge in [-0.3, -0.25) is 9.98 Å². The molecule has 1 N–H and O–H groups in total. The van der Waals surface area contributed by atoms with Gasteiger partial charge in [-0.25, -0.2) is 0 Å². The van der Waals surface area contributed by atoms with E-state index in [1.807, 2.05) is 36.2 Å². The van der Waals surface area contributed by atoms with Crippen molar-refractivity contribution in [3.63, 3.8) is 0 Å². The van der Waals surface area contributed by atoms with E-state index in [2.05, 4.69) is 29.1 Å². The summed E-state index contributed by atoms with van der Waals surface area (Å²) in [7, 11) is 0. The first-order chi connectivity index (χ1) is 8.28. The van der Waals surface area contributed by atoms with E-state index in [4.69, 9.17) is 0 Å². The number of nitrogens with one attached hydrogen (secondary N) is 1. The second-order valence-electron chi connectivity index (χ2n) is 4.34. The summed E-state index contributed by atoms with van der Waals surface area (Å²) in [6, 6.07) is 5.94. The van der Waals surface area contributed by atoms with Crippen LogP contribution < -0.4 is 5.32 Å². The van der Waals surface area contributed by atoms with Crippen LogP contribution >= 0.6 is 11.8 Å². The summed E-state index contributed by atoms with van der Waals surface area (Å²) in [6.45, 7) is 5.14. The largest absolute Gasteiger partial charge is 0.359 e. The third kappa shape index (κ3) is 3.00. The first kappa shape index (κ1) is 12.4. The Kier molecular flexibility index (Phi) is 4.05. The summed E-state index contributed by atoms with van der Waals surface area (Å²) in [6.07, 6.45) is 4.12. The van der Waals surface area contributed by atoms with Crippen molar-refractivity contribution >= 4 is 16.9 Å². The minimum atomic E-state index is 0.258. The van der Waals surface area contributed by atoms with E-state index in [0.717, 1.165) is 29.5 Å². The van der Waals surface area contributed by atoms with Crippen molar-refractivity contribution in [2.24, 2.45) is 4.99 Å². The third-order valence-corrected chi connectivity index (χ3v) is 4.52. The van der Waals surface area contributed by atoms with Gasteiger partial charge in [-0.05, 0) is 25.0 Å². The van der Waals surface area contributed by atoms with Gasteiger partial charge in [0.2, 0.25) is 0 Å². The Morgan fingerprint density at radius 1 is 1.41 bits per heavy atom. The molecule has 0 atom stereocenters. The Morgan fingerprint density at radius 2 is 2.24 bits per heavy atom. The van der Waals surface area contributed by atoms with Crippen LogP contribution in [0.1, 0.15) is 32.4 Å². The quantitative estimate of drug-likeness (QED) is 0.891. The van der Waals surface area contributed by atoms with Crippen LogP contribution in [0.25, 0.3) is 0 Å². The predicted octanol–water partition coefficient (Wildman–Crippen LogP) is 2.83. The Bertz CT molecular complexity index is 385. The van der Waals surface area contributed by atoms with Crippen LogP contribution in [0.15, 0.2) is 29.4 Å². The van der Waals surface area contributed by atoms with E-state index >= 15 is 0 Å². The van der Waals surface area contributed by atoms with Gasteiger partial charge in [-0.15, -0.1) is 0 Å². The smallest absolute Gasteiger partial charge is 0.157 e. The summed E-state index contributed by atoms with van der Waals surface area (Å²) < 4.78 is 0. The van der Waals surface area contributed by atoms with Crippen LogP contribution in [0.2, 0.25) is 0 Å². The number of rotatable bonds is 4. The molecule has 0 bridgehead atoms. The highest BCUT2D eigenvalue weighted by atomic mass is 32.2. The van der Waals surface area contributed by atoms with Gasteiger partial charge in [-0.2, -0.15) is 0 Å². The van der Waals surface area contributed by atoms with Crippen LogP contribution in [0, 0.1) is 0 Å². The highest BCUT2D eigenvalue weighted by Crippen LogP contribution is 2.28. The lowest BCUT2D eigenvalue weighted by Crippen LogP contribution is -2.42. The molecule has 1 aromatic heterocycles. The zero-order valence-electron chi connectivity index (χ0n) is 10.4. The SMILES string of the molecule is CCC1(CC)CSC(=NCc2ccccn2)N1. The van der Waals surface area contributed by atoms with Crippen molar-refractivity contribution in [3.8, 4) is 0 Å². The number of hydrogen-bond donors (Lipinski definition) is 1. The van der Waals surface area contributed by atoms with Crippen molar-refractivity contribution in [2.75, 3.05) is 5.75 Å². The molecular formula is C13H19N3S. The Morgan fingerprint density at radius 3 is 2.82 bits per heavy atom. The Hall–Kier alpha value is -1.03. The molecule has 0 radical (unpaired) electrons. The first-order valence-electron chi connectivity index (χ1n) is 6.13. The molecule has 4 heteroatoms. The summed E-state index contributed by atoms with van der Waals surface area (Å²) in [5, 5.41) is 4.63. The summed E-state index contributed by atoms with van der Waals surface area (Å²) in [4.78, 5) is 8.86. The van der Waals surface area contributed by atoms with E-state index in [0.29, 0.717) is 6.54 Å². The van der Waals surface area contributed by atoms with E-state index in [1.165, 1.54) is 0 Å². The molecule has 92 valence electrons. The molecule has 1 saturated heterocycles. The lowest BCUT2D eigenvalue weighted by Gasteiger charge is -2.25. The van der Waals surface area contributed by atoms with E-state index in [1.54, 1.807) is 0 Å². The molecule has 0 amide bonds. The normalized spacial score (nSPS) is 20.5. The van der Waals surface area contributed by atoms with Gasteiger partial charge in [0, 0.05) is 17.5 Å². The minimum absolute atomic E-state index is 0.258. The predicted molar refractivity (Wildman–Crippen MR) is 74.3 cm³/mol. The molecule has 0 aromatic carbocycles.